The van der Waals surface area contributed by atoms with Crippen molar-refractivity contribution in [2.75, 3.05) is 13.1 Å². The van der Waals surface area contributed by atoms with Crippen LogP contribution in [0.3, 0.4) is 0 Å². The first kappa shape index (κ1) is 16.7. The Hall–Kier alpha value is -2.68. The SMILES string of the molecule is NCCCNC(=O)CCCn1c(=O)oc2cc([N+](=O)[O-])ccc21. The van der Waals surface area contributed by atoms with E-state index in [1.807, 2.05) is 0 Å². The number of nitro benzene ring substituents is 1. The molecule has 2 aromatic rings. The van der Waals surface area contributed by atoms with Crippen LogP contribution in [-0.2, 0) is 11.3 Å². The topological polar surface area (TPSA) is 133 Å². The molecule has 1 heterocycles. The molecular formula is C14H18N4O5. The Morgan fingerprint density at radius 3 is 2.87 bits per heavy atom. The summed E-state index contributed by atoms with van der Waals surface area (Å²) in [5.74, 6) is -0.695. The second kappa shape index (κ2) is 7.54. The molecule has 0 aliphatic heterocycles. The Labute approximate surface area is 131 Å². The average Bonchev–Trinajstić information content (AvgIpc) is 2.82. The zero-order valence-corrected chi connectivity index (χ0v) is 12.5. The van der Waals surface area contributed by atoms with E-state index in [1.165, 1.54) is 22.8 Å². The maximum Gasteiger partial charge on any atom is 0.419 e. The summed E-state index contributed by atoms with van der Waals surface area (Å²) >= 11 is 0. The largest absolute Gasteiger partial charge is 0.419 e. The Morgan fingerprint density at radius 2 is 2.17 bits per heavy atom. The number of nitrogens with zero attached hydrogens (tertiary/aromatic N) is 2. The molecule has 0 fully saturated rings. The number of oxazole rings is 1. The van der Waals surface area contributed by atoms with Crippen molar-refractivity contribution < 1.29 is 14.1 Å². The summed E-state index contributed by atoms with van der Waals surface area (Å²) in [6, 6.07) is 4.00. The molecule has 3 N–H and O–H groups in total. The number of nitrogens with one attached hydrogen (secondary N) is 1. The summed E-state index contributed by atoms with van der Waals surface area (Å²) in [5, 5.41) is 13.4. The highest BCUT2D eigenvalue weighted by Gasteiger charge is 2.14. The molecule has 0 aliphatic rings. The van der Waals surface area contributed by atoms with Gasteiger partial charge in [-0.15, -0.1) is 0 Å². The number of carbonyl (C=O) groups excluding carboxylic acids is 1. The van der Waals surface area contributed by atoms with E-state index in [9.17, 15) is 19.7 Å². The number of hydrogen-bond donors (Lipinski definition) is 2. The zero-order valence-electron chi connectivity index (χ0n) is 12.5. The van der Waals surface area contributed by atoms with Gasteiger partial charge >= 0.3 is 5.76 Å². The number of hydrogen-bond acceptors (Lipinski definition) is 6. The van der Waals surface area contributed by atoms with Crippen LogP contribution in [0.2, 0.25) is 0 Å². The lowest BCUT2D eigenvalue weighted by atomic mass is 10.2. The molecular weight excluding hydrogens is 304 g/mol. The van der Waals surface area contributed by atoms with Crippen molar-refractivity contribution in [2.24, 2.45) is 5.73 Å². The van der Waals surface area contributed by atoms with Crippen LogP contribution >= 0.6 is 0 Å². The van der Waals surface area contributed by atoms with E-state index < -0.39 is 10.7 Å². The number of rotatable bonds is 8. The van der Waals surface area contributed by atoms with Gasteiger partial charge in [0.1, 0.15) is 0 Å². The lowest BCUT2D eigenvalue weighted by Gasteiger charge is -2.04. The van der Waals surface area contributed by atoms with Crippen molar-refractivity contribution in [1.29, 1.82) is 0 Å². The number of benzene rings is 1. The number of non-ortho nitro benzene ring substituents is 1. The number of carbonyl (C=O) groups is 1. The zero-order chi connectivity index (χ0) is 16.8. The number of fused-ring (bicyclic) bond motifs is 1. The highest BCUT2D eigenvalue weighted by atomic mass is 16.6. The van der Waals surface area contributed by atoms with Gasteiger partial charge < -0.3 is 15.5 Å². The van der Waals surface area contributed by atoms with E-state index >= 15 is 0 Å². The standard InChI is InChI=1S/C14H18N4O5/c15-6-2-7-16-13(19)3-1-8-17-11-5-4-10(18(21)22)9-12(11)23-14(17)20/h4-5,9H,1-3,6-8,15H2,(H,16,19). The van der Waals surface area contributed by atoms with Crippen LogP contribution in [0.1, 0.15) is 19.3 Å². The van der Waals surface area contributed by atoms with Gasteiger partial charge in [0.25, 0.3) is 5.69 Å². The summed E-state index contributed by atoms with van der Waals surface area (Å²) in [6.07, 6.45) is 1.45. The van der Waals surface area contributed by atoms with Crippen molar-refractivity contribution >= 4 is 22.7 Å². The minimum atomic E-state index is -0.593. The molecule has 0 saturated heterocycles. The molecule has 0 saturated carbocycles. The molecule has 1 aromatic carbocycles. The lowest BCUT2D eigenvalue weighted by Crippen LogP contribution is -2.26. The third kappa shape index (κ3) is 4.16. The quantitative estimate of drug-likeness (QED) is 0.418. The monoisotopic (exact) mass is 322 g/mol. The maximum absolute atomic E-state index is 11.8. The van der Waals surface area contributed by atoms with Gasteiger partial charge in [0.05, 0.1) is 16.5 Å². The minimum absolute atomic E-state index is 0.102. The fourth-order valence-electron chi connectivity index (χ4n) is 2.20. The van der Waals surface area contributed by atoms with Gasteiger partial charge in [0.15, 0.2) is 5.58 Å². The molecule has 124 valence electrons. The Bertz CT molecular complexity index is 764. The Balaban J connectivity index is 2.00. The average molecular weight is 322 g/mol. The molecule has 0 bridgehead atoms. The van der Waals surface area contributed by atoms with E-state index in [0.29, 0.717) is 31.6 Å². The Morgan fingerprint density at radius 1 is 1.39 bits per heavy atom. The number of aryl methyl sites for hydroxylation is 1. The molecule has 2 rings (SSSR count). The van der Waals surface area contributed by atoms with E-state index in [-0.39, 0.29) is 23.6 Å². The third-order valence-electron chi connectivity index (χ3n) is 3.35. The molecule has 0 unspecified atom stereocenters. The molecule has 0 atom stereocenters. The van der Waals surface area contributed by atoms with Crippen molar-refractivity contribution in [3.05, 3.63) is 38.9 Å². The number of nitrogens with two attached hydrogens (primary N) is 1. The van der Waals surface area contributed by atoms with Gasteiger partial charge in [-0.3, -0.25) is 19.5 Å². The second-order valence-electron chi connectivity index (χ2n) is 5.02. The molecule has 1 amide bonds. The highest BCUT2D eigenvalue weighted by molar-refractivity contribution is 5.76. The van der Waals surface area contributed by atoms with Crippen LogP contribution in [0, 0.1) is 10.1 Å². The van der Waals surface area contributed by atoms with Gasteiger partial charge in [-0.25, -0.2) is 4.79 Å². The van der Waals surface area contributed by atoms with E-state index in [4.69, 9.17) is 10.2 Å². The first-order valence-corrected chi connectivity index (χ1v) is 7.27. The number of amides is 1. The summed E-state index contributed by atoms with van der Waals surface area (Å²) in [6.45, 7) is 1.35. The smallest absolute Gasteiger partial charge is 0.407 e. The highest BCUT2D eigenvalue weighted by Crippen LogP contribution is 2.20. The van der Waals surface area contributed by atoms with Crippen LogP contribution in [0.4, 0.5) is 5.69 Å². The van der Waals surface area contributed by atoms with Crippen LogP contribution in [-0.4, -0.2) is 28.5 Å². The second-order valence-corrected chi connectivity index (χ2v) is 5.02. The van der Waals surface area contributed by atoms with Gasteiger partial charge in [0, 0.05) is 25.6 Å². The normalized spacial score (nSPS) is 10.8. The first-order valence-electron chi connectivity index (χ1n) is 7.27. The summed E-state index contributed by atoms with van der Waals surface area (Å²) in [4.78, 5) is 33.6. The van der Waals surface area contributed by atoms with Crippen molar-refractivity contribution in [1.82, 2.24) is 9.88 Å². The molecule has 23 heavy (non-hydrogen) atoms. The van der Waals surface area contributed by atoms with Crippen LogP contribution < -0.4 is 16.8 Å². The van der Waals surface area contributed by atoms with Gasteiger partial charge in [-0.2, -0.15) is 0 Å². The third-order valence-corrected chi connectivity index (χ3v) is 3.35. The van der Waals surface area contributed by atoms with Crippen LogP contribution in [0.25, 0.3) is 11.1 Å². The number of nitro groups is 1. The van der Waals surface area contributed by atoms with Crippen LogP contribution in [0.15, 0.2) is 27.4 Å². The van der Waals surface area contributed by atoms with Crippen LogP contribution in [0.5, 0.6) is 0 Å². The predicted molar refractivity (Wildman–Crippen MR) is 83.0 cm³/mol. The van der Waals surface area contributed by atoms with Gasteiger partial charge in [0.2, 0.25) is 5.91 Å². The first-order chi connectivity index (χ1) is 11.0. The molecule has 9 heteroatoms. The fourth-order valence-corrected chi connectivity index (χ4v) is 2.20. The van der Waals surface area contributed by atoms with E-state index in [2.05, 4.69) is 5.32 Å². The van der Waals surface area contributed by atoms with Gasteiger partial charge in [-0.05, 0) is 25.5 Å². The summed E-state index contributed by atoms with van der Waals surface area (Å²) in [7, 11) is 0. The van der Waals surface area contributed by atoms with E-state index in [0.717, 1.165) is 6.42 Å². The molecule has 1 aromatic heterocycles. The molecule has 9 nitrogen and oxygen atoms in total. The lowest BCUT2D eigenvalue weighted by molar-refractivity contribution is -0.384. The van der Waals surface area contributed by atoms with Crippen molar-refractivity contribution in [3.63, 3.8) is 0 Å². The van der Waals surface area contributed by atoms with E-state index in [1.54, 1.807) is 0 Å². The Kier molecular flexibility index (Phi) is 5.47. The summed E-state index contributed by atoms with van der Waals surface area (Å²) in [5.41, 5.74) is 5.83. The number of aromatic nitrogens is 1. The molecule has 0 radical (unpaired) electrons. The molecule has 0 spiro atoms. The predicted octanol–water partition coefficient (Wildman–Crippen LogP) is 0.748. The maximum atomic E-state index is 11.8. The molecule has 0 aliphatic carbocycles. The minimum Gasteiger partial charge on any atom is -0.407 e. The van der Waals surface area contributed by atoms with Gasteiger partial charge in [-0.1, -0.05) is 0 Å². The fraction of sp³-hybridized carbons (Fsp3) is 0.429. The van der Waals surface area contributed by atoms with Crippen molar-refractivity contribution in [2.45, 2.75) is 25.8 Å². The summed E-state index contributed by atoms with van der Waals surface area (Å²) < 4.78 is 6.38. The van der Waals surface area contributed by atoms with Crippen molar-refractivity contribution in [3.8, 4) is 0 Å².